The Balaban J connectivity index is 2.60. The Kier molecular flexibility index (Phi) is 3.85. The molecule has 0 amide bonds. The summed E-state index contributed by atoms with van der Waals surface area (Å²) in [4.78, 5) is 13.8. The molecule has 0 unspecified atom stereocenters. The smallest absolute Gasteiger partial charge is 0.395 e. The maximum Gasteiger partial charge on any atom is 0.395 e. The van der Waals surface area contributed by atoms with Crippen LogP contribution in [0.1, 0.15) is 12.5 Å². The monoisotopic (exact) mass is 192 g/mol. The van der Waals surface area contributed by atoms with Gasteiger partial charge in [0.2, 0.25) is 5.69 Å². The molecule has 0 aromatic heterocycles. The summed E-state index contributed by atoms with van der Waals surface area (Å²) in [5.41, 5.74) is 2.07. The third kappa shape index (κ3) is 3.39. The van der Waals surface area contributed by atoms with Gasteiger partial charge in [0.1, 0.15) is 0 Å². The van der Waals surface area contributed by atoms with Crippen LogP contribution >= 0.6 is 0 Å². The van der Waals surface area contributed by atoms with E-state index in [9.17, 15) is 4.79 Å². The van der Waals surface area contributed by atoms with Crippen molar-refractivity contribution < 1.29 is 14.5 Å². The van der Waals surface area contributed by atoms with E-state index in [1.807, 2.05) is 31.2 Å². The zero-order chi connectivity index (χ0) is 10.4. The number of carbonyl (C=O) groups excluding carboxylic acids is 1. The number of hydrogen-bond donors (Lipinski definition) is 1. The van der Waals surface area contributed by atoms with Gasteiger partial charge in [-0.1, -0.05) is 17.7 Å². The largest absolute Gasteiger partial charge is 0.459 e. The summed E-state index contributed by atoms with van der Waals surface area (Å²) in [6.07, 6.45) is 1.31. The second kappa shape index (κ2) is 5.17. The summed E-state index contributed by atoms with van der Waals surface area (Å²) in [5.74, 6) is -0.354. The molecule has 0 aliphatic heterocycles. The van der Waals surface area contributed by atoms with Crippen LogP contribution in [0.25, 0.3) is 0 Å². The van der Waals surface area contributed by atoms with Gasteiger partial charge in [0.05, 0.1) is 6.61 Å². The highest BCUT2D eigenvalue weighted by Crippen LogP contribution is 2.01. The second-order valence-corrected chi connectivity index (χ2v) is 2.91. The third-order valence-corrected chi connectivity index (χ3v) is 1.69. The Bertz CT molecular complexity index is 328. The molecule has 0 saturated heterocycles. The molecule has 0 aliphatic carbocycles. The SMILES string of the molecule is CCOC(=O)C=[NH+]c1ccc(C)cc1. The fourth-order valence-electron chi connectivity index (χ4n) is 0.976. The van der Waals surface area contributed by atoms with Crippen LogP contribution in [-0.2, 0) is 9.53 Å². The van der Waals surface area contributed by atoms with Crippen LogP contribution in [0.15, 0.2) is 24.3 Å². The van der Waals surface area contributed by atoms with Gasteiger partial charge in [-0.05, 0) is 13.8 Å². The van der Waals surface area contributed by atoms with Crippen LogP contribution in [0.2, 0.25) is 0 Å². The van der Waals surface area contributed by atoms with E-state index in [0.29, 0.717) is 6.61 Å². The first-order valence-electron chi connectivity index (χ1n) is 4.55. The van der Waals surface area contributed by atoms with Gasteiger partial charge in [-0.25, -0.2) is 9.79 Å². The molecule has 0 atom stereocenters. The first-order valence-corrected chi connectivity index (χ1v) is 4.55. The average Bonchev–Trinajstić information content (AvgIpc) is 2.17. The van der Waals surface area contributed by atoms with Crippen LogP contribution in [-0.4, -0.2) is 18.8 Å². The molecule has 1 rings (SSSR count). The first kappa shape index (κ1) is 10.4. The predicted molar refractivity (Wildman–Crippen MR) is 54.5 cm³/mol. The molecule has 14 heavy (non-hydrogen) atoms. The number of hydrogen-bond acceptors (Lipinski definition) is 2. The number of esters is 1. The summed E-state index contributed by atoms with van der Waals surface area (Å²) in [6, 6.07) is 7.76. The topological polar surface area (TPSA) is 40.3 Å². The molecule has 3 heteroatoms. The van der Waals surface area contributed by atoms with Gasteiger partial charge < -0.3 is 4.74 Å². The lowest BCUT2D eigenvalue weighted by atomic mass is 10.2. The zero-order valence-electron chi connectivity index (χ0n) is 8.41. The molecule has 0 radical (unpaired) electrons. The van der Waals surface area contributed by atoms with Crippen molar-refractivity contribution in [2.45, 2.75) is 13.8 Å². The van der Waals surface area contributed by atoms with E-state index in [2.05, 4.69) is 4.99 Å². The van der Waals surface area contributed by atoms with Crippen molar-refractivity contribution in [2.75, 3.05) is 6.61 Å². The van der Waals surface area contributed by atoms with Crippen LogP contribution in [0.4, 0.5) is 5.69 Å². The molecule has 0 bridgehead atoms. The van der Waals surface area contributed by atoms with E-state index in [4.69, 9.17) is 4.74 Å². The van der Waals surface area contributed by atoms with Crippen molar-refractivity contribution in [2.24, 2.45) is 0 Å². The van der Waals surface area contributed by atoms with Crippen molar-refractivity contribution in [1.29, 1.82) is 0 Å². The fourth-order valence-corrected chi connectivity index (χ4v) is 0.976. The summed E-state index contributed by atoms with van der Waals surface area (Å²) in [7, 11) is 0. The molecule has 0 saturated carbocycles. The van der Waals surface area contributed by atoms with E-state index in [1.54, 1.807) is 6.92 Å². The Morgan fingerprint density at radius 1 is 1.43 bits per heavy atom. The minimum Gasteiger partial charge on any atom is -0.459 e. The molecule has 74 valence electrons. The molecule has 3 nitrogen and oxygen atoms in total. The van der Waals surface area contributed by atoms with E-state index in [1.165, 1.54) is 11.8 Å². The first-order chi connectivity index (χ1) is 6.72. The quantitative estimate of drug-likeness (QED) is 0.554. The van der Waals surface area contributed by atoms with E-state index >= 15 is 0 Å². The van der Waals surface area contributed by atoms with Crippen molar-refractivity contribution in [3.05, 3.63) is 29.8 Å². The molecule has 1 aromatic rings. The molecule has 1 aromatic carbocycles. The summed E-state index contributed by atoms with van der Waals surface area (Å²) < 4.78 is 4.73. The number of benzene rings is 1. The third-order valence-electron chi connectivity index (χ3n) is 1.69. The second-order valence-electron chi connectivity index (χ2n) is 2.91. The Morgan fingerprint density at radius 3 is 2.64 bits per heavy atom. The lowest BCUT2D eigenvalue weighted by Gasteiger charge is -1.91. The predicted octanol–water partition coefficient (Wildman–Crippen LogP) is 0.341. The van der Waals surface area contributed by atoms with Gasteiger partial charge in [-0.2, -0.15) is 0 Å². The average molecular weight is 192 g/mol. The highest BCUT2D eigenvalue weighted by atomic mass is 16.5. The highest BCUT2D eigenvalue weighted by molar-refractivity contribution is 6.20. The molecule has 0 aliphatic rings. The lowest BCUT2D eigenvalue weighted by Crippen LogP contribution is -2.63. The molecule has 0 spiro atoms. The minimum absolute atomic E-state index is 0.354. The van der Waals surface area contributed by atoms with Crippen LogP contribution in [0.3, 0.4) is 0 Å². The van der Waals surface area contributed by atoms with Gasteiger partial charge in [-0.3, -0.25) is 0 Å². The highest BCUT2D eigenvalue weighted by Gasteiger charge is 2.00. The standard InChI is InChI=1S/C11H13NO2/c1-3-14-11(13)8-12-10-6-4-9(2)5-7-10/h4-8H,3H2,1-2H3/p+1. The van der Waals surface area contributed by atoms with Gasteiger partial charge in [0.25, 0.3) is 6.21 Å². The number of aryl methyl sites for hydroxylation is 1. The Morgan fingerprint density at radius 2 is 2.07 bits per heavy atom. The van der Waals surface area contributed by atoms with E-state index in [0.717, 1.165) is 5.69 Å². The van der Waals surface area contributed by atoms with Gasteiger partial charge in [0, 0.05) is 12.1 Å². The number of rotatable bonds is 3. The zero-order valence-corrected chi connectivity index (χ0v) is 8.41. The molecular formula is C11H14NO2+. The molecule has 0 heterocycles. The maximum absolute atomic E-state index is 10.9. The molecular weight excluding hydrogens is 178 g/mol. The van der Waals surface area contributed by atoms with Crippen molar-refractivity contribution >= 4 is 17.9 Å². The molecule has 0 fully saturated rings. The number of nitrogens with one attached hydrogen (secondary N) is 1. The van der Waals surface area contributed by atoms with Crippen LogP contribution in [0, 0.1) is 6.92 Å². The summed E-state index contributed by atoms with van der Waals surface area (Å²) in [5, 5.41) is 0. The number of carbonyl (C=O) groups is 1. The Hall–Kier alpha value is -1.64. The van der Waals surface area contributed by atoms with E-state index in [-0.39, 0.29) is 5.97 Å². The van der Waals surface area contributed by atoms with Crippen LogP contribution in [0.5, 0.6) is 0 Å². The van der Waals surface area contributed by atoms with Gasteiger partial charge in [0.15, 0.2) is 0 Å². The maximum atomic E-state index is 10.9. The van der Waals surface area contributed by atoms with Crippen molar-refractivity contribution in [3.63, 3.8) is 0 Å². The van der Waals surface area contributed by atoms with Crippen molar-refractivity contribution in [1.82, 2.24) is 0 Å². The lowest BCUT2D eigenvalue weighted by molar-refractivity contribution is -0.347. The van der Waals surface area contributed by atoms with Gasteiger partial charge >= 0.3 is 5.97 Å². The summed E-state index contributed by atoms with van der Waals surface area (Å²) >= 11 is 0. The van der Waals surface area contributed by atoms with Crippen molar-refractivity contribution in [3.8, 4) is 0 Å². The molecule has 1 N–H and O–H groups in total. The normalized spacial score (nSPS) is 10.4. The summed E-state index contributed by atoms with van der Waals surface area (Å²) in [6.45, 7) is 4.18. The minimum atomic E-state index is -0.354. The van der Waals surface area contributed by atoms with E-state index < -0.39 is 0 Å². The fraction of sp³-hybridized carbons (Fsp3) is 0.273. The Labute approximate surface area is 83.4 Å². The number of ether oxygens (including phenoxy) is 1. The van der Waals surface area contributed by atoms with Crippen LogP contribution < -0.4 is 4.99 Å². The van der Waals surface area contributed by atoms with Gasteiger partial charge in [-0.15, -0.1) is 0 Å².